The number of nitrogens with zero attached hydrogens (tertiary/aromatic N) is 2. The molecule has 19 heavy (non-hydrogen) atoms. The first-order chi connectivity index (χ1) is 9.12. The average molecular weight is 271 g/mol. The van der Waals surface area contributed by atoms with Crippen molar-refractivity contribution in [1.29, 1.82) is 0 Å². The number of nitrogens with one attached hydrogen (secondary N) is 1. The van der Waals surface area contributed by atoms with E-state index in [-0.39, 0.29) is 0 Å². The Morgan fingerprint density at radius 1 is 1.32 bits per heavy atom. The van der Waals surface area contributed by atoms with Crippen molar-refractivity contribution in [2.24, 2.45) is 0 Å². The Hall–Kier alpha value is -0.160. The van der Waals surface area contributed by atoms with E-state index < -0.39 is 0 Å². The number of hydrogen-bond donors (Lipinski definition) is 1. The monoisotopic (exact) mass is 271 g/mol. The first kappa shape index (κ1) is 16.9. The topological polar surface area (TPSA) is 27.7 Å². The summed E-state index contributed by atoms with van der Waals surface area (Å²) >= 11 is 0. The number of ether oxygens (including phenoxy) is 1. The zero-order valence-electron chi connectivity index (χ0n) is 13.5. The maximum Gasteiger partial charge on any atom is 0.0630 e. The maximum absolute atomic E-state index is 5.40. The van der Waals surface area contributed by atoms with Crippen molar-refractivity contribution >= 4 is 0 Å². The molecule has 1 aliphatic heterocycles. The summed E-state index contributed by atoms with van der Waals surface area (Å²) in [4.78, 5) is 5.18. The fourth-order valence-electron chi connectivity index (χ4n) is 3.00. The fraction of sp³-hybridized carbons (Fsp3) is 1.00. The molecule has 0 aromatic carbocycles. The van der Waals surface area contributed by atoms with E-state index in [1.165, 1.54) is 19.5 Å². The van der Waals surface area contributed by atoms with E-state index in [0.29, 0.717) is 12.1 Å². The highest BCUT2D eigenvalue weighted by Crippen LogP contribution is 2.18. The van der Waals surface area contributed by atoms with Crippen LogP contribution in [0.1, 0.15) is 34.1 Å². The summed E-state index contributed by atoms with van der Waals surface area (Å²) in [6.45, 7) is 15.5. The van der Waals surface area contributed by atoms with E-state index in [1.54, 1.807) is 7.11 Å². The van der Waals surface area contributed by atoms with E-state index in [1.807, 2.05) is 0 Å². The van der Waals surface area contributed by atoms with Crippen molar-refractivity contribution in [3.8, 4) is 0 Å². The van der Waals surface area contributed by atoms with Crippen molar-refractivity contribution in [2.45, 2.75) is 52.2 Å². The van der Waals surface area contributed by atoms with Crippen LogP contribution in [-0.2, 0) is 4.74 Å². The summed E-state index contributed by atoms with van der Waals surface area (Å²) < 4.78 is 5.40. The van der Waals surface area contributed by atoms with Crippen LogP contribution < -0.4 is 5.32 Å². The van der Waals surface area contributed by atoms with Crippen molar-refractivity contribution in [1.82, 2.24) is 15.1 Å². The van der Waals surface area contributed by atoms with Gasteiger partial charge in [0.05, 0.1) is 6.61 Å². The van der Waals surface area contributed by atoms with Gasteiger partial charge >= 0.3 is 0 Å². The quantitative estimate of drug-likeness (QED) is 0.686. The summed E-state index contributed by atoms with van der Waals surface area (Å²) in [5.41, 5.74) is 0. The molecular formula is C15H33N3O. The normalized spacial score (nSPS) is 22.6. The minimum Gasteiger partial charge on any atom is -0.383 e. The van der Waals surface area contributed by atoms with Gasteiger partial charge in [-0.15, -0.1) is 0 Å². The molecule has 114 valence electrons. The zero-order valence-corrected chi connectivity index (χ0v) is 13.5. The Balaban J connectivity index is 2.47. The average Bonchev–Trinajstić information content (AvgIpc) is 2.85. The Morgan fingerprint density at radius 3 is 2.53 bits per heavy atom. The van der Waals surface area contributed by atoms with Gasteiger partial charge in [-0.05, 0) is 19.5 Å². The second kappa shape index (κ2) is 8.90. The number of rotatable bonds is 9. The first-order valence-electron chi connectivity index (χ1n) is 7.82. The van der Waals surface area contributed by atoms with Crippen LogP contribution in [0.3, 0.4) is 0 Å². The largest absolute Gasteiger partial charge is 0.383 e. The van der Waals surface area contributed by atoms with Crippen molar-refractivity contribution in [3.05, 3.63) is 0 Å². The predicted octanol–water partition coefficient (Wildman–Crippen LogP) is 1.42. The maximum atomic E-state index is 5.40. The van der Waals surface area contributed by atoms with Crippen molar-refractivity contribution < 1.29 is 4.74 Å². The number of methoxy groups -OCH3 is 1. The molecule has 0 aliphatic carbocycles. The van der Waals surface area contributed by atoms with Gasteiger partial charge in [0.1, 0.15) is 0 Å². The lowest BCUT2D eigenvalue weighted by molar-refractivity contribution is 0.0962. The Morgan fingerprint density at radius 2 is 2.00 bits per heavy atom. The van der Waals surface area contributed by atoms with Gasteiger partial charge in [0.25, 0.3) is 0 Å². The van der Waals surface area contributed by atoms with Gasteiger partial charge in [0, 0.05) is 44.9 Å². The second-order valence-electron chi connectivity index (χ2n) is 5.83. The summed E-state index contributed by atoms with van der Waals surface area (Å²) in [6, 6.07) is 1.78. The molecule has 0 bridgehead atoms. The molecule has 2 atom stereocenters. The Bertz CT molecular complexity index is 231. The Labute approximate surface area is 119 Å². The fourth-order valence-corrected chi connectivity index (χ4v) is 3.00. The van der Waals surface area contributed by atoms with Crippen LogP contribution in [0.4, 0.5) is 0 Å². The molecule has 0 aromatic heterocycles. The number of hydrogen-bond acceptors (Lipinski definition) is 4. The summed E-state index contributed by atoms with van der Waals surface area (Å²) in [5.74, 6) is 0. The van der Waals surface area contributed by atoms with Crippen LogP contribution >= 0.6 is 0 Å². The molecular weight excluding hydrogens is 238 g/mol. The second-order valence-corrected chi connectivity index (χ2v) is 5.83. The van der Waals surface area contributed by atoms with Gasteiger partial charge in [0.2, 0.25) is 0 Å². The van der Waals surface area contributed by atoms with E-state index >= 15 is 0 Å². The van der Waals surface area contributed by atoms with Crippen LogP contribution in [0.5, 0.6) is 0 Å². The standard InChI is InChI=1S/C15H33N3O/c1-6-17(7-2)14-8-9-18(11-14)15(12-19-5)10-16-13(3)4/h13-16H,6-12H2,1-5H3. The lowest BCUT2D eigenvalue weighted by Gasteiger charge is -2.30. The van der Waals surface area contributed by atoms with Crippen LogP contribution in [-0.4, -0.2) is 74.4 Å². The highest BCUT2D eigenvalue weighted by Gasteiger charge is 2.30. The number of likely N-dealkylation sites (tertiary alicyclic amines) is 1. The molecule has 0 aromatic rings. The Kier molecular flexibility index (Phi) is 7.91. The van der Waals surface area contributed by atoms with Crippen molar-refractivity contribution in [2.75, 3.05) is 46.4 Å². The minimum atomic E-state index is 0.507. The predicted molar refractivity (Wildman–Crippen MR) is 81.7 cm³/mol. The van der Waals surface area contributed by atoms with Gasteiger partial charge in [-0.2, -0.15) is 0 Å². The van der Waals surface area contributed by atoms with Gasteiger partial charge in [-0.3, -0.25) is 9.80 Å². The van der Waals surface area contributed by atoms with Crippen LogP contribution in [0.25, 0.3) is 0 Å². The summed E-state index contributed by atoms with van der Waals surface area (Å²) in [6.07, 6.45) is 1.30. The number of likely N-dealkylation sites (N-methyl/N-ethyl adjacent to an activating group) is 1. The highest BCUT2D eigenvalue weighted by molar-refractivity contribution is 4.87. The molecule has 0 saturated carbocycles. The van der Waals surface area contributed by atoms with E-state index in [4.69, 9.17) is 4.74 Å². The van der Waals surface area contributed by atoms with E-state index in [9.17, 15) is 0 Å². The third kappa shape index (κ3) is 5.38. The molecule has 1 rings (SSSR count). The first-order valence-corrected chi connectivity index (χ1v) is 7.82. The third-order valence-electron chi connectivity index (χ3n) is 4.16. The SMILES string of the molecule is CCN(CC)C1CCN(C(CNC(C)C)COC)C1. The zero-order chi connectivity index (χ0) is 14.3. The van der Waals surface area contributed by atoms with Crippen molar-refractivity contribution in [3.63, 3.8) is 0 Å². The smallest absolute Gasteiger partial charge is 0.0630 e. The third-order valence-corrected chi connectivity index (χ3v) is 4.16. The van der Waals surface area contributed by atoms with Gasteiger partial charge in [-0.25, -0.2) is 0 Å². The van der Waals surface area contributed by atoms with Crippen LogP contribution in [0, 0.1) is 0 Å². The van der Waals surface area contributed by atoms with E-state index in [2.05, 4.69) is 42.8 Å². The summed E-state index contributed by atoms with van der Waals surface area (Å²) in [5, 5.41) is 3.54. The van der Waals surface area contributed by atoms with Gasteiger partial charge < -0.3 is 10.1 Å². The molecule has 1 aliphatic rings. The molecule has 0 amide bonds. The molecule has 4 nitrogen and oxygen atoms in total. The van der Waals surface area contributed by atoms with Crippen LogP contribution in [0.2, 0.25) is 0 Å². The lowest BCUT2D eigenvalue weighted by Crippen LogP contribution is -2.47. The van der Waals surface area contributed by atoms with Gasteiger partial charge in [0.15, 0.2) is 0 Å². The lowest BCUT2D eigenvalue weighted by atomic mass is 10.2. The molecule has 1 heterocycles. The summed E-state index contributed by atoms with van der Waals surface area (Å²) in [7, 11) is 1.81. The molecule has 4 heteroatoms. The molecule has 0 spiro atoms. The molecule has 0 radical (unpaired) electrons. The molecule has 1 N–H and O–H groups in total. The van der Waals surface area contributed by atoms with Gasteiger partial charge in [-0.1, -0.05) is 27.7 Å². The molecule has 1 saturated heterocycles. The highest BCUT2D eigenvalue weighted by atomic mass is 16.5. The molecule has 1 fully saturated rings. The molecule has 2 unspecified atom stereocenters. The van der Waals surface area contributed by atoms with Crippen LogP contribution in [0.15, 0.2) is 0 Å². The minimum absolute atomic E-state index is 0.507. The van der Waals surface area contributed by atoms with E-state index in [0.717, 1.165) is 32.3 Å².